The molecule has 2 saturated heterocycles. The summed E-state index contributed by atoms with van der Waals surface area (Å²) in [6.45, 7) is 3.88. The Labute approximate surface area is 274 Å². The lowest BCUT2D eigenvalue weighted by Crippen LogP contribution is -2.58. The minimum atomic E-state index is -1.27. The monoisotopic (exact) mass is 667 g/mol. The molecule has 45 heavy (non-hydrogen) atoms. The van der Waals surface area contributed by atoms with Crippen molar-refractivity contribution in [2.45, 2.75) is 35.6 Å². The van der Waals surface area contributed by atoms with E-state index in [0.717, 1.165) is 21.4 Å². The fraction of sp³-hybridized carbons (Fsp3) is 0.303. The molecule has 0 saturated carbocycles. The molecule has 0 radical (unpaired) electrons. The molecule has 4 aromatic rings. The molecular weight excluding hydrogens is 636 g/mol. The van der Waals surface area contributed by atoms with Crippen LogP contribution in [0.1, 0.15) is 30.5 Å². The van der Waals surface area contributed by atoms with E-state index in [2.05, 4.69) is 10.3 Å². The third-order valence-corrected chi connectivity index (χ3v) is 10.3. The van der Waals surface area contributed by atoms with E-state index in [0.29, 0.717) is 43.3 Å². The largest absolute Gasteiger partial charge is 0.361 e. The van der Waals surface area contributed by atoms with Crippen molar-refractivity contribution >= 4 is 63.7 Å². The highest BCUT2D eigenvalue weighted by Gasteiger charge is 2.60. The smallest absolute Gasteiger partial charge is 0.317 e. The van der Waals surface area contributed by atoms with Gasteiger partial charge in [0.25, 0.3) is 0 Å². The van der Waals surface area contributed by atoms with Crippen molar-refractivity contribution < 1.29 is 18.8 Å². The molecule has 2 aliphatic heterocycles. The van der Waals surface area contributed by atoms with Crippen LogP contribution in [0.5, 0.6) is 0 Å². The van der Waals surface area contributed by atoms with Crippen molar-refractivity contribution in [2.75, 3.05) is 32.7 Å². The van der Waals surface area contributed by atoms with Gasteiger partial charge in [-0.3, -0.25) is 9.59 Å². The molecule has 3 heterocycles. The van der Waals surface area contributed by atoms with Crippen LogP contribution in [0.15, 0.2) is 77.8 Å². The second-order valence-electron chi connectivity index (χ2n) is 11.2. The van der Waals surface area contributed by atoms with Gasteiger partial charge in [0.05, 0.1) is 17.5 Å². The number of piperazine rings is 1. The number of urea groups is 1. The van der Waals surface area contributed by atoms with Gasteiger partial charge in [0.1, 0.15) is 10.6 Å². The van der Waals surface area contributed by atoms with Crippen LogP contribution >= 0.6 is 35.0 Å². The summed E-state index contributed by atoms with van der Waals surface area (Å²) in [5.74, 6) is -0.986. The number of hydrogen-bond acceptors (Lipinski definition) is 4. The predicted octanol–water partition coefficient (Wildman–Crippen LogP) is 6.49. The van der Waals surface area contributed by atoms with Crippen LogP contribution in [-0.2, 0) is 16.1 Å². The molecule has 8 nitrogen and oxygen atoms in total. The summed E-state index contributed by atoms with van der Waals surface area (Å²) in [6.07, 6.45) is 1.77. The number of hydrogen-bond donors (Lipinski definition) is 2. The van der Waals surface area contributed by atoms with E-state index in [9.17, 15) is 18.8 Å². The van der Waals surface area contributed by atoms with Gasteiger partial charge >= 0.3 is 6.03 Å². The Bertz CT molecular complexity index is 1750. The number of likely N-dealkylation sites (tertiary alicyclic amines) is 1. The number of benzene rings is 3. The molecule has 2 atom stereocenters. The highest BCUT2D eigenvalue weighted by molar-refractivity contribution is 8.01. The molecule has 0 spiro atoms. The van der Waals surface area contributed by atoms with Crippen molar-refractivity contribution in [3.05, 3.63) is 99.9 Å². The Balaban J connectivity index is 1.46. The van der Waals surface area contributed by atoms with Crippen LogP contribution in [0.2, 0.25) is 10.0 Å². The second kappa shape index (κ2) is 12.9. The number of nitrogens with one attached hydrogen (secondary N) is 2. The van der Waals surface area contributed by atoms with Gasteiger partial charge in [-0.2, -0.15) is 0 Å². The molecule has 3 aromatic carbocycles. The maximum absolute atomic E-state index is 15.0. The number of fused-ring (bicyclic) bond motifs is 1. The summed E-state index contributed by atoms with van der Waals surface area (Å²) < 4.78 is 13.3. The zero-order valence-corrected chi connectivity index (χ0v) is 26.9. The highest BCUT2D eigenvalue weighted by Crippen LogP contribution is 2.55. The first-order chi connectivity index (χ1) is 21.7. The van der Waals surface area contributed by atoms with Crippen molar-refractivity contribution in [1.82, 2.24) is 25.0 Å². The zero-order valence-electron chi connectivity index (χ0n) is 24.6. The Morgan fingerprint density at radius 2 is 1.76 bits per heavy atom. The molecule has 0 unspecified atom stereocenters. The van der Waals surface area contributed by atoms with Gasteiger partial charge in [-0.15, -0.1) is 11.8 Å². The first kappa shape index (κ1) is 31.3. The third kappa shape index (κ3) is 6.11. The number of carbonyl (C=O) groups is 3. The fourth-order valence-corrected chi connectivity index (χ4v) is 8.05. The van der Waals surface area contributed by atoms with Gasteiger partial charge in [0.15, 0.2) is 0 Å². The summed E-state index contributed by atoms with van der Waals surface area (Å²) in [4.78, 5) is 50.9. The second-order valence-corrected chi connectivity index (χ2v) is 13.5. The molecule has 2 N–H and O–H groups in total. The highest BCUT2D eigenvalue weighted by atomic mass is 35.5. The van der Waals surface area contributed by atoms with Gasteiger partial charge < -0.3 is 25.0 Å². The average Bonchev–Trinajstić information content (AvgIpc) is 3.56. The Hall–Kier alpha value is -3.73. The molecule has 2 fully saturated rings. The van der Waals surface area contributed by atoms with Gasteiger partial charge in [-0.25, -0.2) is 9.18 Å². The molecule has 12 heteroatoms. The lowest BCUT2D eigenvalue weighted by atomic mass is 9.90. The molecule has 0 aliphatic carbocycles. The standard InChI is InChI=1S/C33H32Cl2FN5O3S/c1-2-37-32(44)40-14-12-39(13-15-40)31(43)33(45-23-6-4-3-5-7-23)18-29(42)41(20-21-8-11-26(35)27(36)16-21)30(33)25-19-38-28-17-22(34)9-10-24(25)28/h3-11,16-17,19,30,38H,2,12-15,18,20H2,1H3,(H,37,44)/t30-,33-/m1/s1. The van der Waals surface area contributed by atoms with E-state index in [1.807, 2.05) is 55.6 Å². The van der Waals surface area contributed by atoms with Gasteiger partial charge in [-0.05, 0) is 48.9 Å². The Kier molecular flexibility index (Phi) is 8.99. The van der Waals surface area contributed by atoms with Gasteiger partial charge in [-0.1, -0.05) is 53.5 Å². The van der Waals surface area contributed by atoms with Crippen LogP contribution in [-0.4, -0.2) is 75.0 Å². The Morgan fingerprint density at radius 3 is 2.47 bits per heavy atom. The van der Waals surface area contributed by atoms with Crippen molar-refractivity contribution in [3.8, 4) is 0 Å². The van der Waals surface area contributed by atoms with Gasteiger partial charge in [0, 0.05) is 71.8 Å². The van der Waals surface area contributed by atoms with Crippen LogP contribution < -0.4 is 5.32 Å². The summed E-state index contributed by atoms with van der Waals surface area (Å²) in [5.41, 5.74) is 2.09. The van der Waals surface area contributed by atoms with Crippen molar-refractivity contribution in [2.24, 2.45) is 0 Å². The maximum Gasteiger partial charge on any atom is 0.317 e. The van der Waals surface area contributed by atoms with E-state index in [1.54, 1.807) is 26.8 Å². The minimum Gasteiger partial charge on any atom is -0.361 e. The predicted molar refractivity (Wildman–Crippen MR) is 175 cm³/mol. The van der Waals surface area contributed by atoms with Crippen molar-refractivity contribution in [1.29, 1.82) is 0 Å². The summed E-state index contributed by atoms with van der Waals surface area (Å²) >= 11 is 13.7. The van der Waals surface area contributed by atoms with E-state index in [4.69, 9.17) is 23.2 Å². The van der Waals surface area contributed by atoms with Crippen LogP contribution in [0.3, 0.4) is 0 Å². The summed E-state index contributed by atoms with van der Waals surface area (Å²) in [7, 11) is 0. The lowest BCUT2D eigenvalue weighted by Gasteiger charge is -2.42. The minimum absolute atomic E-state index is 0.00697. The van der Waals surface area contributed by atoms with Gasteiger partial charge in [0.2, 0.25) is 11.8 Å². The van der Waals surface area contributed by atoms with Crippen molar-refractivity contribution in [3.63, 3.8) is 0 Å². The first-order valence-corrected chi connectivity index (χ1v) is 16.3. The quantitative estimate of drug-likeness (QED) is 0.236. The number of thioether (sulfide) groups is 1. The van der Waals surface area contributed by atoms with E-state index >= 15 is 0 Å². The topological polar surface area (TPSA) is 88.8 Å². The number of nitrogens with zero attached hydrogens (tertiary/aromatic N) is 3. The first-order valence-electron chi connectivity index (χ1n) is 14.8. The summed E-state index contributed by atoms with van der Waals surface area (Å²) in [5, 5.41) is 4.20. The van der Waals surface area contributed by atoms with Crippen LogP contribution in [0.25, 0.3) is 10.9 Å². The van der Waals surface area contributed by atoms with Crippen LogP contribution in [0, 0.1) is 5.82 Å². The molecule has 4 amide bonds. The Morgan fingerprint density at radius 1 is 1.02 bits per heavy atom. The average molecular weight is 669 g/mol. The number of H-pyrrole nitrogens is 1. The summed E-state index contributed by atoms with van der Waals surface area (Å²) in [6, 6.07) is 18.7. The van der Waals surface area contributed by atoms with E-state index < -0.39 is 16.6 Å². The number of rotatable bonds is 7. The molecule has 2 aliphatic rings. The maximum atomic E-state index is 15.0. The molecular formula is C33H32Cl2FN5O3S. The number of halogens is 3. The normalized spacial score (nSPS) is 20.2. The number of amides is 4. The molecule has 6 rings (SSSR count). The van der Waals surface area contributed by atoms with E-state index in [-0.39, 0.29) is 35.8 Å². The number of carbonyl (C=O) groups excluding carboxylic acids is 3. The molecule has 0 bridgehead atoms. The lowest BCUT2D eigenvalue weighted by molar-refractivity contribution is -0.136. The number of aromatic nitrogens is 1. The van der Waals surface area contributed by atoms with Crippen LogP contribution in [0.4, 0.5) is 9.18 Å². The SMILES string of the molecule is CCNC(=O)N1CCN(C(=O)[C@@]2(Sc3ccccc3)CC(=O)N(Cc3ccc(Cl)c(F)c3)[C@@H]2c2c[nH]c3cc(Cl)ccc23)CC1. The zero-order chi connectivity index (χ0) is 31.7. The van der Waals surface area contributed by atoms with E-state index in [1.165, 1.54) is 23.9 Å². The molecule has 1 aromatic heterocycles. The number of aromatic amines is 1. The molecule has 234 valence electrons. The third-order valence-electron chi connectivity index (χ3n) is 8.38. The fourth-order valence-electron chi connectivity index (χ4n) is 6.27.